The summed E-state index contributed by atoms with van der Waals surface area (Å²) >= 11 is 0. The number of rotatable bonds is 6. The van der Waals surface area contributed by atoms with Gasteiger partial charge in [-0.1, -0.05) is 12.1 Å². The number of ether oxygens (including phenoxy) is 1. The van der Waals surface area contributed by atoms with Crippen LogP contribution in [0.4, 0.5) is 0 Å². The van der Waals surface area contributed by atoms with E-state index in [2.05, 4.69) is 60.6 Å². The van der Waals surface area contributed by atoms with Gasteiger partial charge in [-0.25, -0.2) is 0 Å². The molecule has 5 nitrogen and oxygen atoms in total. The summed E-state index contributed by atoms with van der Waals surface area (Å²) in [5.74, 6) is 1.70. The van der Waals surface area contributed by atoms with Crippen LogP contribution in [0.5, 0.6) is 5.75 Å². The van der Waals surface area contributed by atoms with E-state index in [0.29, 0.717) is 6.04 Å². The fourth-order valence-electron chi connectivity index (χ4n) is 2.11. The molecule has 0 heterocycles. The predicted molar refractivity (Wildman–Crippen MR) is 89.1 cm³/mol. The van der Waals surface area contributed by atoms with Gasteiger partial charge in [-0.3, -0.25) is 4.99 Å². The SMILES string of the molecule is CN=C(NCC(c1cccc(OC)c1)N(C)C)NC(C)C. The maximum absolute atomic E-state index is 5.31. The number of aliphatic imine (C=N–C) groups is 1. The van der Waals surface area contributed by atoms with E-state index in [0.717, 1.165) is 18.3 Å². The standard InChI is InChI=1S/C16H28N4O/c1-12(2)19-16(17-3)18-11-15(20(4)5)13-8-7-9-14(10-13)21-6/h7-10,12,15H,11H2,1-6H3,(H2,17,18,19). The Morgan fingerprint density at radius 1 is 1.33 bits per heavy atom. The molecule has 0 aromatic heterocycles. The molecule has 21 heavy (non-hydrogen) atoms. The second-order valence-electron chi connectivity index (χ2n) is 5.51. The quantitative estimate of drug-likeness (QED) is 0.621. The van der Waals surface area contributed by atoms with Crippen molar-refractivity contribution < 1.29 is 4.74 Å². The topological polar surface area (TPSA) is 48.9 Å². The number of benzene rings is 1. The van der Waals surface area contributed by atoms with Crippen LogP contribution in [0.15, 0.2) is 29.3 Å². The van der Waals surface area contributed by atoms with Gasteiger partial charge in [0.2, 0.25) is 0 Å². The van der Waals surface area contributed by atoms with Gasteiger partial charge in [0.05, 0.1) is 13.2 Å². The van der Waals surface area contributed by atoms with Gasteiger partial charge >= 0.3 is 0 Å². The maximum atomic E-state index is 5.31. The zero-order valence-electron chi connectivity index (χ0n) is 14.0. The molecule has 0 aliphatic heterocycles. The third-order valence-electron chi connectivity index (χ3n) is 3.21. The van der Waals surface area contributed by atoms with Crippen LogP contribution in [-0.2, 0) is 0 Å². The monoisotopic (exact) mass is 292 g/mol. The molecule has 0 aliphatic rings. The zero-order valence-corrected chi connectivity index (χ0v) is 14.0. The molecule has 0 saturated carbocycles. The maximum Gasteiger partial charge on any atom is 0.191 e. The molecule has 0 radical (unpaired) electrons. The Kier molecular flexibility index (Phi) is 7.02. The Bertz CT molecular complexity index is 457. The highest BCUT2D eigenvalue weighted by Crippen LogP contribution is 2.21. The average Bonchev–Trinajstić information content (AvgIpc) is 2.45. The Morgan fingerprint density at radius 2 is 2.05 bits per heavy atom. The van der Waals surface area contributed by atoms with Gasteiger partial charge in [0.15, 0.2) is 5.96 Å². The minimum Gasteiger partial charge on any atom is -0.497 e. The van der Waals surface area contributed by atoms with Crippen molar-refractivity contribution in [1.82, 2.24) is 15.5 Å². The molecule has 0 saturated heterocycles. The van der Waals surface area contributed by atoms with Crippen molar-refractivity contribution in [3.8, 4) is 5.75 Å². The first-order chi connectivity index (χ1) is 9.97. The minimum absolute atomic E-state index is 0.241. The first-order valence-electron chi connectivity index (χ1n) is 7.25. The van der Waals surface area contributed by atoms with Gasteiger partial charge in [-0.2, -0.15) is 0 Å². The minimum atomic E-state index is 0.241. The zero-order chi connectivity index (χ0) is 15.8. The molecule has 1 rings (SSSR count). The Labute approximate surface area is 128 Å². The third-order valence-corrected chi connectivity index (χ3v) is 3.21. The normalized spacial score (nSPS) is 13.4. The molecule has 0 fully saturated rings. The number of methoxy groups -OCH3 is 1. The number of hydrogen-bond acceptors (Lipinski definition) is 3. The van der Waals surface area contributed by atoms with Crippen molar-refractivity contribution in [2.45, 2.75) is 25.9 Å². The van der Waals surface area contributed by atoms with Gasteiger partial charge < -0.3 is 20.3 Å². The van der Waals surface area contributed by atoms with Gasteiger partial charge in [0.25, 0.3) is 0 Å². The molecule has 0 bridgehead atoms. The van der Waals surface area contributed by atoms with Crippen molar-refractivity contribution in [3.63, 3.8) is 0 Å². The van der Waals surface area contributed by atoms with E-state index >= 15 is 0 Å². The van der Waals surface area contributed by atoms with Crippen LogP contribution in [0.25, 0.3) is 0 Å². The first kappa shape index (κ1) is 17.3. The van der Waals surface area contributed by atoms with Crippen molar-refractivity contribution in [2.24, 2.45) is 4.99 Å². The number of guanidine groups is 1. The van der Waals surface area contributed by atoms with E-state index in [9.17, 15) is 0 Å². The molecule has 1 aromatic carbocycles. The Hall–Kier alpha value is -1.75. The molecule has 1 unspecified atom stereocenters. The molecule has 2 N–H and O–H groups in total. The smallest absolute Gasteiger partial charge is 0.191 e. The molecule has 0 spiro atoms. The average molecular weight is 292 g/mol. The van der Waals surface area contributed by atoms with E-state index in [1.807, 2.05) is 12.1 Å². The van der Waals surface area contributed by atoms with Gasteiger partial charge in [-0.15, -0.1) is 0 Å². The summed E-state index contributed by atoms with van der Waals surface area (Å²) in [7, 11) is 7.62. The van der Waals surface area contributed by atoms with Crippen LogP contribution >= 0.6 is 0 Å². The summed E-state index contributed by atoms with van der Waals surface area (Å²) in [4.78, 5) is 6.42. The van der Waals surface area contributed by atoms with Crippen LogP contribution in [0.3, 0.4) is 0 Å². The van der Waals surface area contributed by atoms with Crippen LogP contribution in [-0.4, -0.2) is 51.7 Å². The summed E-state index contributed by atoms with van der Waals surface area (Å²) < 4.78 is 5.31. The van der Waals surface area contributed by atoms with E-state index < -0.39 is 0 Å². The fourth-order valence-corrected chi connectivity index (χ4v) is 2.11. The summed E-state index contributed by atoms with van der Waals surface area (Å²) in [5.41, 5.74) is 1.21. The van der Waals surface area contributed by atoms with Crippen LogP contribution < -0.4 is 15.4 Å². The largest absolute Gasteiger partial charge is 0.497 e. The highest BCUT2D eigenvalue weighted by Gasteiger charge is 2.15. The van der Waals surface area contributed by atoms with Crippen molar-refractivity contribution in [3.05, 3.63) is 29.8 Å². The molecule has 0 aliphatic carbocycles. The molecular formula is C16H28N4O. The van der Waals surface area contributed by atoms with Crippen LogP contribution in [0.2, 0.25) is 0 Å². The Balaban J connectivity index is 2.78. The lowest BCUT2D eigenvalue weighted by molar-refractivity contribution is 0.297. The lowest BCUT2D eigenvalue weighted by Gasteiger charge is -2.26. The van der Waals surface area contributed by atoms with Gasteiger partial charge in [0.1, 0.15) is 5.75 Å². The molecule has 0 amide bonds. The second-order valence-corrected chi connectivity index (χ2v) is 5.51. The number of nitrogens with zero attached hydrogens (tertiary/aromatic N) is 2. The number of hydrogen-bond donors (Lipinski definition) is 2. The lowest BCUT2D eigenvalue weighted by Crippen LogP contribution is -2.44. The van der Waals surface area contributed by atoms with Crippen LogP contribution in [0.1, 0.15) is 25.5 Å². The summed E-state index contributed by atoms with van der Waals surface area (Å²) in [5, 5.41) is 6.67. The lowest BCUT2D eigenvalue weighted by atomic mass is 10.1. The van der Waals surface area contributed by atoms with Crippen LogP contribution in [0, 0.1) is 0 Å². The third kappa shape index (κ3) is 5.63. The number of likely N-dealkylation sites (N-methyl/N-ethyl adjacent to an activating group) is 1. The van der Waals surface area contributed by atoms with Gasteiger partial charge in [0, 0.05) is 19.6 Å². The van der Waals surface area contributed by atoms with E-state index in [1.165, 1.54) is 5.56 Å². The highest BCUT2D eigenvalue weighted by atomic mass is 16.5. The predicted octanol–water partition coefficient (Wildman–Crippen LogP) is 1.87. The summed E-state index contributed by atoms with van der Waals surface area (Å²) in [6, 6.07) is 8.77. The van der Waals surface area contributed by atoms with E-state index in [1.54, 1.807) is 14.2 Å². The summed E-state index contributed by atoms with van der Waals surface area (Å²) in [6.07, 6.45) is 0. The fraction of sp³-hybridized carbons (Fsp3) is 0.562. The second kappa shape index (κ2) is 8.52. The van der Waals surface area contributed by atoms with E-state index in [-0.39, 0.29) is 6.04 Å². The highest BCUT2D eigenvalue weighted by molar-refractivity contribution is 5.79. The molecule has 118 valence electrons. The molecule has 5 heteroatoms. The Morgan fingerprint density at radius 3 is 2.57 bits per heavy atom. The van der Waals surface area contributed by atoms with Crippen molar-refractivity contribution in [2.75, 3.05) is 34.8 Å². The van der Waals surface area contributed by atoms with Crippen molar-refractivity contribution in [1.29, 1.82) is 0 Å². The molecular weight excluding hydrogens is 264 g/mol. The number of nitrogens with one attached hydrogen (secondary N) is 2. The van der Waals surface area contributed by atoms with Gasteiger partial charge in [-0.05, 0) is 45.6 Å². The molecule has 1 aromatic rings. The first-order valence-corrected chi connectivity index (χ1v) is 7.25. The van der Waals surface area contributed by atoms with E-state index in [4.69, 9.17) is 4.74 Å². The van der Waals surface area contributed by atoms with Crippen molar-refractivity contribution >= 4 is 5.96 Å². The molecule has 1 atom stereocenters. The summed E-state index contributed by atoms with van der Waals surface area (Å²) in [6.45, 7) is 4.96.